The Bertz CT molecular complexity index is 1200. The van der Waals surface area contributed by atoms with E-state index in [1.54, 1.807) is 6.07 Å². The first-order valence-electron chi connectivity index (χ1n) is 8.99. The zero-order valence-corrected chi connectivity index (χ0v) is 16.4. The number of aromatic hydroxyl groups is 1. The van der Waals surface area contributed by atoms with Crippen LogP contribution in [0.4, 0.5) is 11.4 Å². The standard InChI is InChI=1S/C20H21N3O4S/c1-12-8-13(2)15-11-18(21-16(15)9-12)20(25)22-17-10-14(4-5-19(17)24)23-6-3-7-28(23,26)27/h4-5,8-11,21,24H,3,6-7H2,1-2H3,(H,22,25). The molecule has 146 valence electrons. The van der Waals surface area contributed by atoms with Gasteiger partial charge in [0.25, 0.3) is 5.91 Å². The topological polar surface area (TPSA) is 102 Å². The summed E-state index contributed by atoms with van der Waals surface area (Å²) in [4.78, 5) is 15.8. The normalized spacial score (nSPS) is 15.9. The number of hydrogen-bond donors (Lipinski definition) is 3. The highest BCUT2D eigenvalue weighted by molar-refractivity contribution is 7.93. The zero-order chi connectivity index (χ0) is 20.1. The van der Waals surface area contributed by atoms with Crippen LogP contribution in [0.25, 0.3) is 10.9 Å². The molecule has 1 amide bonds. The molecular formula is C20H21N3O4S. The third-order valence-corrected chi connectivity index (χ3v) is 6.82. The Labute approximate surface area is 163 Å². The van der Waals surface area contributed by atoms with E-state index in [0.29, 0.717) is 24.3 Å². The van der Waals surface area contributed by atoms with Gasteiger partial charge >= 0.3 is 0 Å². The maximum atomic E-state index is 12.7. The molecule has 0 atom stereocenters. The summed E-state index contributed by atoms with van der Waals surface area (Å²) >= 11 is 0. The number of sulfonamides is 1. The molecule has 8 heteroatoms. The number of phenolic OH excluding ortho intramolecular Hbond substituents is 1. The van der Waals surface area contributed by atoms with Crippen molar-refractivity contribution in [3.05, 3.63) is 53.2 Å². The summed E-state index contributed by atoms with van der Waals surface area (Å²) in [5, 5.41) is 13.8. The average Bonchev–Trinajstić information content (AvgIpc) is 3.20. The van der Waals surface area contributed by atoms with Gasteiger partial charge in [-0.2, -0.15) is 0 Å². The lowest BCUT2D eigenvalue weighted by Crippen LogP contribution is -2.25. The van der Waals surface area contributed by atoms with E-state index in [1.165, 1.54) is 22.5 Å². The molecular weight excluding hydrogens is 378 g/mol. The lowest BCUT2D eigenvalue weighted by Gasteiger charge is -2.18. The first-order chi connectivity index (χ1) is 13.2. The van der Waals surface area contributed by atoms with Crippen molar-refractivity contribution < 1.29 is 18.3 Å². The van der Waals surface area contributed by atoms with Gasteiger partial charge in [0.15, 0.2) is 0 Å². The number of aryl methyl sites for hydroxylation is 2. The van der Waals surface area contributed by atoms with Gasteiger partial charge in [0.2, 0.25) is 10.0 Å². The molecule has 4 rings (SSSR count). The van der Waals surface area contributed by atoms with E-state index in [1.807, 2.05) is 26.0 Å². The fraction of sp³-hybridized carbons (Fsp3) is 0.250. The summed E-state index contributed by atoms with van der Waals surface area (Å²) in [5.41, 5.74) is 3.97. The van der Waals surface area contributed by atoms with E-state index >= 15 is 0 Å². The number of amides is 1. The van der Waals surface area contributed by atoms with Gasteiger partial charge < -0.3 is 15.4 Å². The summed E-state index contributed by atoms with van der Waals surface area (Å²) in [6.45, 7) is 4.36. The minimum absolute atomic E-state index is 0.101. The number of hydrogen-bond acceptors (Lipinski definition) is 4. The minimum Gasteiger partial charge on any atom is -0.506 e. The molecule has 1 aliphatic heterocycles. The quantitative estimate of drug-likeness (QED) is 0.588. The molecule has 3 N–H and O–H groups in total. The Hall–Kier alpha value is -3.00. The van der Waals surface area contributed by atoms with Gasteiger partial charge in [-0.3, -0.25) is 9.10 Å². The lowest BCUT2D eigenvalue weighted by atomic mass is 10.1. The summed E-state index contributed by atoms with van der Waals surface area (Å²) < 4.78 is 25.6. The molecule has 0 spiro atoms. The van der Waals surface area contributed by atoms with Crippen LogP contribution in [0, 0.1) is 13.8 Å². The minimum atomic E-state index is -3.34. The first kappa shape index (κ1) is 18.4. The average molecular weight is 399 g/mol. The third kappa shape index (κ3) is 3.20. The van der Waals surface area contributed by atoms with E-state index in [-0.39, 0.29) is 17.2 Å². The van der Waals surface area contributed by atoms with E-state index in [9.17, 15) is 18.3 Å². The van der Waals surface area contributed by atoms with Gasteiger partial charge in [0.05, 0.1) is 17.1 Å². The van der Waals surface area contributed by atoms with Crippen LogP contribution in [0.2, 0.25) is 0 Å². The molecule has 0 bridgehead atoms. The molecule has 28 heavy (non-hydrogen) atoms. The van der Waals surface area contributed by atoms with Gasteiger partial charge in [-0.25, -0.2) is 8.42 Å². The van der Waals surface area contributed by atoms with Crippen LogP contribution < -0.4 is 9.62 Å². The molecule has 1 saturated heterocycles. The number of nitrogens with one attached hydrogen (secondary N) is 2. The zero-order valence-electron chi connectivity index (χ0n) is 15.6. The molecule has 1 aliphatic rings. The Balaban J connectivity index is 1.65. The summed E-state index contributed by atoms with van der Waals surface area (Å²) in [6, 6.07) is 10.2. The van der Waals surface area contributed by atoms with E-state index < -0.39 is 15.9 Å². The van der Waals surface area contributed by atoms with Crippen LogP contribution in [0.5, 0.6) is 5.75 Å². The maximum Gasteiger partial charge on any atom is 0.272 e. The monoisotopic (exact) mass is 399 g/mol. The summed E-state index contributed by atoms with van der Waals surface area (Å²) in [7, 11) is -3.34. The highest BCUT2D eigenvalue weighted by Gasteiger charge is 2.29. The number of carbonyl (C=O) groups is 1. The maximum absolute atomic E-state index is 12.7. The van der Waals surface area contributed by atoms with E-state index in [0.717, 1.165) is 22.0 Å². The van der Waals surface area contributed by atoms with Crippen LogP contribution in [-0.2, 0) is 10.0 Å². The van der Waals surface area contributed by atoms with Gasteiger partial charge in [-0.1, -0.05) is 6.07 Å². The predicted molar refractivity (Wildman–Crippen MR) is 110 cm³/mol. The van der Waals surface area contributed by atoms with Crippen molar-refractivity contribution in [1.82, 2.24) is 4.98 Å². The number of H-pyrrole nitrogens is 1. The fourth-order valence-corrected chi connectivity index (χ4v) is 5.18. The lowest BCUT2D eigenvalue weighted by molar-refractivity contribution is 0.102. The molecule has 7 nitrogen and oxygen atoms in total. The summed E-state index contributed by atoms with van der Waals surface area (Å²) in [5.74, 6) is -0.439. The first-order valence-corrected chi connectivity index (χ1v) is 10.6. The molecule has 0 unspecified atom stereocenters. The number of carbonyl (C=O) groups excluding carboxylic acids is 1. The van der Waals surface area contributed by atoms with Crippen LogP contribution >= 0.6 is 0 Å². The number of benzene rings is 2. The fourth-order valence-electron chi connectivity index (χ4n) is 3.62. The van der Waals surface area contributed by atoms with Crippen LogP contribution in [0.3, 0.4) is 0 Å². The molecule has 0 aliphatic carbocycles. The largest absolute Gasteiger partial charge is 0.506 e. The second-order valence-electron chi connectivity index (χ2n) is 7.12. The smallest absolute Gasteiger partial charge is 0.272 e. The number of rotatable bonds is 3. The molecule has 0 radical (unpaired) electrons. The Morgan fingerprint density at radius 3 is 2.68 bits per heavy atom. The molecule has 3 aromatic rings. The van der Waals surface area contributed by atoms with E-state index in [4.69, 9.17) is 0 Å². The third-order valence-electron chi connectivity index (χ3n) is 4.95. The van der Waals surface area contributed by atoms with Crippen molar-refractivity contribution in [3.8, 4) is 5.75 Å². The Morgan fingerprint density at radius 1 is 1.18 bits per heavy atom. The van der Waals surface area contributed by atoms with E-state index in [2.05, 4.69) is 10.3 Å². The highest BCUT2D eigenvalue weighted by Crippen LogP contribution is 2.32. The van der Waals surface area contributed by atoms with Gasteiger partial charge in [-0.05, 0) is 61.7 Å². The van der Waals surface area contributed by atoms with Crippen molar-refractivity contribution in [2.45, 2.75) is 20.3 Å². The SMILES string of the molecule is Cc1cc(C)c2cc(C(=O)Nc3cc(N4CCCS4(=O)=O)ccc3O)[nH]c2c1. The number of aromatic nitrogens is 1. The number of phenols is 1. The molecule has 1 fully saturated rings. The van der Waals surface area contributed by atoms with Gasteiger partial charge in [0, 0.05) is 17.4 Å². The van der Waals surface area contributed by atoms with Crippen molar-refractivity contribution in [2.24, 2.45) is 0 Å². The van der Waals surface area contributed by atoms with Crippen molar-refractivity contribution in [3.63, 3.8) is 0 Å². The van der Waals surface area contributed by atoms with Crippen molar-refractivity contribution >= 4 is 38.2 Å². The molecule has 0 saturated carbocycles. The van der Waals surface area contributed by atoms with Crippen LogP contribution in [0.15, 0.2) is 36.4 Å². The van der Waals surface area contributed by atoms with Gasteiger partial charge in [-0.15, -0.1) is 0 Å². The number of aromatic amines is 1. The second-order valence-corrected chi connectivity index (χ2v) is 9.14. The molecule has 2 heterocycles. The number of fused-ring (bicyclic) bond motifs is 1. The molecule has 1 aromatic heterocycles. The number of anilines is 2. The Kier molecular flexibility index (Phi) is 4.30. The van der Waals surface area contributed by atoms with Crippen LogP contribution in [0.1, 0.15) is 28.0 Å². The number of nitrogens with zero attached hydrogens (tertiary/aromatic N) is 1. The second kappa shape index (κ2) is 6.56. The highest BCUT2D eigenvalue weighted by atomic mass is 32.2. The Morgan fingerprint density at radius 2 is 1.96 bits per heavy atom. The van der Waals surface area contributed by atoms with Crippen molar-refractivity contribution in [2.75, 3.05) is 21.9 Å². The van der Waals surface area contributed by atoms with Crippen LogP contribution in [-0.4, -0.2) is 36.7 Å². The molecule has 2 aromatic carbocycles. The predicted octanol–water partition coefficient (Wildman–Crippen LogP) is 3.28. The van der Waals surface area contributed by atoms with Gasteiger partial charge in [0.1, 0.15) is 11.4 Å². The summed E-state index contributed by atoms with van der Waals surface area (Å²) in [6.07, 6.45) is 0.554. The van der Waals surface area contributed by atoms with Crippen molar-refractivity contribution in [1.29, 1.82) is 0 Å².